The van der Waals surface area contributed by atoms with Crippen LogP contribution in [-0.4, -0.2) is 33.8 Å². The molecule has 0 bridgehead atoms. The van der Waals surface area contributed by atoms with Gasteiger partial charge in [0.1, 0.15) is 5.57 Å². The van der Waals surface area contributed by atoms with E-state index in [0.29, 0.717) is 16.8 Å². The second-order valence-corrected chi connectivity index (χ2v) is 6.09. The van der Waals surface area contributed by atoms with Crippen molar-refractivity contribution in [2.45, 2.75) is 19.6 Å². The number of aromatic carboxylic acids is 1. The number of pyridine rings is 1. The summed E-state index contributed by atoms with van der Waals surface area (Å²) in [6.07, 6.45) is 2.80. The number of ether oxygens (including phenoxy) is 2. The molecule has 2 heterocycles. The number of hydrogen-bond donors (Lipinski definition) is 1. The van der Waals surface area contributed by atoms with E-state index in [9.17, 15) is 14.4 Å². The van der Waals surface area contributed by atoms with Crippen LogP contribution in [0.3, 0.4) is 0 Å². The van der Waals surface area contributed by atoms with Crippen molar-refractivity contribution < 1.29 is 29.0 Å². The molecule has 1 aromatic heterocycles. The van der Waals surface area contributed by atoms with Gasteiger partial charge in [-0.3, -0.25) is 4.98 Å². The predicted octanol–water partition coefficient (Wildman–Crippen LogP) is 2.67. The lowest BCUT2D eigenvalue weighted by Crippen LogP contribution is -2.41. The number of carboxylic acids is 1. The van der Waals surface area contributed by atoms with Crippen molar-refractivity contribution in [1.29, 1.82) is 0 Å². The number of esters is 2. The summed E-state index contributed by atoms with van der Waals surface area (Å²) in [5, 5.41) is 9.05. The molecule has 1 fully saturated rings. The molecular formula is C19H15NO6. The summed E-state index contributed by atoms with van der Waals surface area (Å²) < 4.78 is 10.1. The molecule has 0 atom stereocenters. The molecule has 0 spiro atoms. The number of cyclic esters (lactones) is 2. The maximum Gasteiger partial charge on any atom is 0.348 e. The van der Waals surface area contributed by atoms with Crippen LogP contribution in [0.25, 0.3) is 17.3 Å². The van der Waals surface area contributed by atoms with E-state index in [1.807, 2.05) is 0 Å². The van der Waals surface area contributed by atoms with Crippen LogP contribution in [0.2, 0.25) is 0 Å². The number of rotatable bonds is 3. The third-order valence-corrected chi connectivity index (χ3v) is 3.64. The highest BCUT2D eigenvalue weighted by atomic mass is 16.7. The van der Waals surface area contributed by atoms with Crippen LogP contribution in [0.4, 0.5) is 0 Å². The van der Waals surface area contributed by atoms with Crippen molar-refractivity contribution in [2.24, 2.45) is 0 Å². The highest BCUT2D eigenvalue weighted by Gasteiger charge is 2.38. The summed E-state index contributed by atoms with van der Waals surface area (Å²) in [5.74, 6) is -3.81. The van der Waals surface area contributed by atoms with Gasteiger partial charge < -0.3 is 14.6 Å². The van der Waals surface area contributed by atoms with E-state index in [0.717, 1.165) is 0 Å². The second-order valence-electron chi connectivity index (χ2n) is 6.09. The van der Waals surface area contributed by atoms with E-state index in [1.165, 1.54) is 38.3 Å². The summed E-state index contributed by atoms with van der Waals surface area (Å²) in [4.78, 5) is 39.1. The van der Waals surface area contributed by atoms with Crippen molar-refractivity contribution >= 4 is 24.0 Å². The summed E-state index contributed by atoms with van der Waals surface area (Å²) >= 11 is 0. The van der Waals surface area contributed by atoms with Gasteiger partial charge in [-0.25, -0.2) is 14.4 Å². The fraction of sp³-hybridized carbons (Fsp3) is 0.158. The Morgan fingerprint density at radius 3 is 2.27 bits per heavy atom. The average molecular weight is 353 g/mol. The molecule has 2 aromatic rings. The lowest BCUT2D eigenvalue weighted by Gasteiger charge is -2.29. The van der Waals surface area contributed by atoms with Crippen molar-refractivity contribution in [3.8, 4) is 11.3 Å². The molecule has 1 saturated heterocycles. The van der Waals surface area contributed by atoms with Gasteiger partial charge in [0, 0.05) is 25.6 Å². The Morgan fingerprint density at radius 2 is 1.69 bits per heavy atom. The van der Waals surface area contributed by atoms with E-state index >= 15 is 0 Å². The second kappa shape index (κ2) is 6.44. The summed E-state index contributed by atoms with van der Waals surface area (Å²) in [6.45, 7) is 2.96. The molecule has 0 aliphatic carbocycles. The minimum Gasteiger partial charge on any atom is -0.478 e. The van der Waals surface area contributed by atoms with Gasteiger partial charge in [-0.15, -0.1) is 0 Å². The minimum absolute atomic E-state index is 0.136. The van der Waals surface area contributed by atoms with Crippen LogP contribution in [-0.2, 0) is 19.1 Å². The summed E-state index contributed by atoms with van der Waals surface area (Å²) in [7, 11) is 0. The smallest absolute Gasteiger partial charge is 0.348 e. The predicted molar refractivity (Wildman–Crippen MR) is 90.9 cm³/mol. The summed E-state index contributed by atoms with van der Waals surface area (Å²) in [5.41, 5.74) is 1.74. The van der Waals surface area contributed by atoms with E-state index in [-0.39, 0.29) is 11.1 Å². The number of nitrogens with zero attached hydrogens (tertiary/aromatic N) is 1. The number of carbonyl (C=O) groups is 3. The Balaban J connectivity index is 1.86. The van der Waals surface area contributed by atoms with E-state index in [2.05, 4.69) is 4.98 Å². The Hall–Kier alpha value is -3.48. The largest absolute Gasteiger partial charge is 0.478 e. The number of aromatic nitrogens is 1. The van der Waals surface area contributed by atoms with Crippen LogP contribution >= 0.6 is 0 Å². The van der Waals surface area contributed by atoms with Crippen LogP contribution in [0.1, 0.15) is 29.8 Å². The van der Waals surface area contributed by atoms with Crippen molar-refractivity contribution in [2.75, 3.05) is 0 Å². The molecule has 1 N–H and O–H groups in total. The standard InChI is InChI=1S/C19H15NO6/c1-19(2)25-17(23)14(18(24)26-19)9-11-3-5-12(6-4-11)15-10-13(16(21)22)7-8-20-15/h3-10H,1-2H3,(H,21,22). The number of hydrogen-bond acceptors (Lipinski definition) is 6. The van der Waals surface area contributed by atoms with Gasteiger partial charge in [0.25, 0.3) is 5.79 Å². The van der Waals surface area contributed by atoms with Gasteiger partial charge in [0.15, 0.2) is 0 Å². The van der Waals surface area contributed by atoms with E-state index < -0.39 is 23.7 Å². The topological polar surface area (TPSA) is 103 Å². The summed E-state index contributed by atoms with van der Waals surface area (Å²) in [6, 6.07) is 9.66. The number of carbonyl (C=O) groups excluding carboxylic acids is 2. The number of carboxylic acid groups (broad SMARTS) is 1. The quantitative estimate of drug-likeness (QED) is 0.514. The Bertz CT molecular complexity index is 905. The van der Waals surface area contributed by atoms with Crippen LogP contribution in [0.5, 0.6) is 0 Å². The van der Waals surface area contributed by atoms with Gasteiger partial charge in [0.05, 0.1) is 11.3 Å². The van der Waals surface area contributed by atoms with Gasteiger partial charge in [-0.1, -0.05) is 24.3 Å². The molecule has 1 aliphatic rings. The van der Waals surface area contributed by atoms with Crippen molar-refractivity contribution in [3.05, 3.63) is 59.3 Å². The molecule has 26 heavy (non-hydrogen) atoms. The first-order valence-corrected chi connectivity index (χ1v) is 7.73. The van der Waals surface area contributed by atoms with Crippen LogP contribution in [0, 0.1) is 0 Å². The average Bonchev–Trinajstić information content (AvgIpc) is 2.58. The third kappa shape index (κ3) is 3.61. The van der Waals surface area contributed by atoms with Gasteiger partial charge >= 0.3 is 17.9 Å². The zero-order valence-electron chi connectivity index (χ0n) is 14.1. The van der Waals surface area contributed by atoms with Crippen molar-refractivity contribution in [1.82, 2.24) is 4.98 Å². The maximum absolute atomic E-state index is 12.0. The molecular weight excluding hydrogens is 338 g/mol. The molecule has 132 valence electrons. The third-order valence-electron chi connectivity index (χ3n) is 3.64. The molecule has 0 unspecified atom stereocenters. The highest BCUT2D eigenvalue weighted by molar-refractivity contribution is 6.18. The lowest BCUT2D eigenvalue weighted by molar-refractivity contribution is -0.222. The fourth-order valence-electron chi connectivity index (χ4n) is 2.42. The molecule has 1 aromatic carbocycles. The molecule has 7 heteroatoms. The van der Waals surface area contributed by atoms with Crippen molar-refractivity contribution in [3.63, 3.8) is 0 Å². The monoisotopic (exact) mass is 353 g/mol. The number of benzene rings is 1. The van der Waals surface area contributed by atoms with Gasteiger partial charge in [0.2, 0.25) is 0 Å². The van der Waals surface area contributed by atoms with Crippen LogP contribution in [0.15, 0.2) is 48.2 Å². The first kappa shape index (κ1) is 17.3. The molecule has 1 aliphatic heterocycles. The molecule has 0 saturated carbocycles. The zero-order chi connectivity index (χ0) is 18.9. The van der Waals surface area contributed by atoms with Crippen LogP contribution < -0.4 is 0 Å². The normalized spacial score (nSPS) is 15.8. The first-order chi connectivity index (χ1) is 12.2. The molecule has 7 nitrogen and oxygen atoms in total. The minimum atomic E-state index is -1.28. The van der Waals surface area contributed by atoms with Gasteiger partial charge in [-0.05, 0) is 23.8 Å². The first-order valence-electron chi connectivity index (χ1n) is 7.73. The Kier molecular flexibility index (Phi) is 4.29. The van der Waals surface area contributed by atoms with E-state index in [1.54, 1.807) is 24.3 Å². The Morgan fingerprint density at radius 1 is 1.08 bits per heavy atom. The SMILES string of the molecule is CC1(C)OC(=O)C(=Cc2ccc(-c3cc(C(=O)O)ccn3)cc2)C(=O)O1. The van der Waals surface area contributed by atoms with Gasteiger partial charge in [-0.2, -0.15) is 0 Å². The zero-order valence-corrected chi connectivity index (χ0v) is 14.1. The molecule has 0 amide bonds. The Labute approximate surface area is 148 Å². The molecule has 3 rings (SSSR count). The maximum atomic E-state index is 12.0. The molecule has 0 radical (unpaired) electrons. The highest BCUT2D eigenvalue weighted by Crippen LogP contribution is 2.25. The fourth-order valence-corrected chi connectivity index (χ4v) is 2.42. The van der Waals surface area contributed by atoms with E-state index in [4.69, 9.17) is 14.6 Å². The lowest BCUT2D eigenvalue weighted by atomic mass is 10.0.